The third-order valence-corrected chi connectivity index (χ3v) is 12.1. The standard InChI is InChI=1S/C48H49N7O6/c56-44(35-17-18-35)52-41(33-8-3-1-4-9-33)47(59)54-25-7-12-39(54)46(58)50-37-23-21-31(22-24-37)30-13-15-32(16-14-30)38-28-49-43(51-38)40-29-61-27-26-55(40)48(60)42(34-10-5-2-6-11-34)53-45(57)36-19-20-36/h1-6,8-11,13-16,21-24,28,35-36,39-42H,7,12,17-20,25-27,29H2,(H,49,51)(H,50,58)(H,52,56)(H,53,57)/t39-,40-,41+,42+/m0/s1. The number of rotatable bonds is 13. The van der Waals surface area contributed by atoms with E-state index in [1.807, 2.05) is 109 Å². The molecule has 4 aromatic carbocycles. The number of benzene rings is 4. The second-order valence-corrected chi connectivity index (χ2v) is 16.4. The van der Waals surface area contributed by atoms with Crippen molar-refractivity contribution in [3.63, 3.8) is 0 Å². The number of likely N-dealkylation sites (tertiary alicyclic amines) is 1. The van der Waals surface area contributed by atoms with Gasteiger partial charge >= 0.3 is 0 Å². The number of nitrogens with one attached hydrogen (secondary N) is 4. The van der Waals surface area contributed by atoms with Crippen LogP contribution in [0.4, 0.5) is 5.69 Å². The topological polar surface area (TPSA) is 166 Å². The van der Waals surface area contributed by atoms with Crippen molar-refractivity contribution in [3.8, 4) is 22.4 Å². The summed E-state index contributed by atoms with van der Waals surface area (Å²) in [4.78, 5) is 78.8. The first-order valence-electron chi connectivity index (χ1n) is 21.3. The van der Waals surface area contributed by atoms with Crippen molar-refractivity contribution in [2.24, 2.45) is 11.8 Å². The number of imidazole rings is 1. The number of carbonyl (C=O) groups is 5. The Hall–Kier alpha value is -6.60. The molecule has 0 bridgehead atoms. The largest absolute Gasteiger partial charge is 0.377 e. The van der Waals surface area contributed by atoms with Gasteiger partial charge in [0.05, 0.1) is 25.1 Å². The van der Waals surface area contributed by atoms with E-state index >= 15 is 0 Å². The Bertz CT molecular complexity index is 2380. The molecule has 9 rings (SSSR count). The molecule has 0 spiro atoms. The highest BCUT2D eigenvalue weighted by molar-refractivity contribution is 5.99. The van der Waals surface area contributed by atoms with Crippen molar-refractivity contribution in [2.45, 2.75) is 62.7 Å². The van der Waals surface area contributed by atoms with Crippen LogP contribution in [0.2, 0.25) is 0 Å². The normalized spacial score (nSPS) is 19.7. The minimum absolute atomic E-state index is 0.0348. The lowest BCUT2D eigenvalue weighted by Gasteiger charge is -2.37. The van der Waals surface area contributed by atoms with E-state index in [2.05, 4.69) is 25.9 Å². The van der Waals surface area contributed by atoms with Crippen LogP contribution in [0.15, 0.2) is 115 Å². The first-order chi connectivity index (χ1) is 29.8. The molecule has 61 heavy (non-hydrogen) atoms. The number of hydrogen-bond donors (Lipinski definition) is 4. The fraction of sp³-hybridized carbons (Fsp3) is 0.333. The molecule has 4 atom stereocenters. The summed E-state index contributed by atoms with van der Waals surface area (Å²) in [5, 5.41) is 8.98. The first-order valence-corrected chi connectivity index (χ1v) is 21.3. The number of hydrogen-bond acceptors (Lipinski definition) is 7. The molecule has 3 heterocycles. The first kappa shape index (κ1) is 39.8. The summed E-state index contributed by atoms with van der Waals surface area (Å²) >= 11 is 0. The van der Waals surface area contributed by atoms with Crippen molar-refractivity contribution >= 4 is 35.2 Å². The molecule has 2 saturated heterocycles. The van der Waals surface area contributed by atoms with Gasteiger partial charge in [-0.05, 0) is 78.5 Å². The number of amides is 5. The van der Waals surface area contributed by atoms with E-state index in [9.17, 15) is 24.0 Å². The molecule has 4 N–H and O–H groups in total. The van der Waals surface area contributed by atoms with Crippen LogP contribution >= 0.6 is 0 Å². The third-order valence-electron chi connectivity index (χ3n) is 12.1. The second-order valence-electron chi connectivity index (χ2n) is 16.4. The van der Waals surface area contributed by atoms with Crippen molar-refractivity contribution < 1.29 is 28.7 Å². The zero-order valence-electron chi connectivity index (χ0n) is 33.8. The van der Waals surface area contributed by atoms with Gasteiger partial charge in [0.25, 0.3) is 5.91 Å². The predicted octanol–water partition coefficient (Wildman–Crippen LogP) is 6.11. The van der Waals surface area contributed by atoms with E-state index in [0.29, 0.717) is 49.6 Å². The van der Waals surface area contributed by atoms with Gasteiger partial charge in [-0.25, -0.2) is 4.98 Å². The van der Waals surface area contributed by atoms with Crippen LogP contribution in [0.3, 0.4) is 0 Å². The van der Waals surface area contributed by atoms with E-state index in [1.54, 1.807) is 16.0 Å². The highest BCUT2D eigenvalue weighted by Crippen LogP contribution is 2.34. The van der Waals surface area contributed by atoms with Gasteiger partial charge < -0.3 is 35.5 Å². The average Bonchev–Trinajstić information content (AvgIpc) is 4.24. The van der Waals surface area contributed by atoms with Gasteiger partial charge in [0.1, 0.15) is 30.0 Å². The Morgan fingerprint density at radius 2 is 1.16 bits per heavy atom. The summed E-state index contributed by atoms with van der Waals surface area (Å²) < 4.78 is 5.83. The molecule has 5 aromatic rings. The van der Waals surface area contributed by atoms with E-state index in [0.717, 1.165) is 53.6 Å². The van der Waals surface area contributed by atoms with E-state index in [1.165, 1.54) is 0 Å². The average molecular weight is 820 g/mol. The highest BCUT2D eigenvalue weighted by atomic mass is 16.5. The molecule has 13 nitrogen and oxygen atoms in total. The summed E-state index contributed by atoms with van der Waals surface area (Å²) in [6.07, 6.45) is 6.34. The van der Waals surface area contributed by atoms with Crippen LogP contribution in [0.1, 0.15) is 73.6 Å². The summed E-state index contributed by atoms with van der Waals surface area (Å²) in [6, 6.07) is 31.4. The van der Waals surface area contributed by atoms with Crippen molar-refractivity contribution in [2.75, 3.05) is 31.6 Å². The molecule has 1 aromatic heterocycles. The Morgan fingerprint density at radius 3 is 1.74 bits per heavy atom. The van der Waals surface area contributed by atoms with Crippen molar-refractivity contribution in [1.29, 1.82) is 0 Å². The van der Waals surface area contributed by atoms with Gasteiger partial charge in [-0.3, -0.25) is 24.0 Å². The number of nitrogens with zero attached hydrogens (tertiary/aromatic N) is 3. The predicted molar refractivity (Wildman–Crippen MR) is 228 cm³/mol. The van der Waals surface area contributed by atoms with E-state index in [4.69, 9.17) is 4.74 Å². The number of carbonyl (C=O) groups excluding carboxylic acids is 5. The number of anilines is 1. The van der Waals surface area contributed by atoms with Gasteiger partial charge in [0.2, 0.25) is 23.6 Å². The summed E-state index contributed by atoms with van der Waals surface area (Å²) in [7, 11) is 0. The minimum atomic E-state index is -0.845. The number of ether oxygens (including phenoxy) is 1. The van der Waals surface area contributed by atoms with Gasteiger partial charge in [-0.15, -0.1) is 0 Å². The maximum absolute atomic E-state index is 14.2. The molecule has 2 saturated carbocycles. The molecule has 4 fully saturated rings. The van der Waals surface area contributed by atoms with Crippen LogP contribution in [0.5, 0.6) is 0 Å². The number of aromatic amines is 1. The monoisotopic (exact) mass is 819 g/mol. The molecule has 312 valence electrons. The zero-order chi connectivity index (χ0) is 41.9. The molecule has 0 unspecified atom stereocenters. The number of H-pyrrole nitrogens is 1. The Kier molecular flexibility index (Phi) is 11.5. The molecule has 2 aliphatic carbocycles. The highest BCUT2D eigenvalue weighted by Gasteiger charge is 2.41. The van der Waals surface area contributed by atoms with Gasteiger partial charge in [-0.1, -0.05) is 97.1 Å². The number of morpholine rings is 1. The Morgan fingerprint density at radius 1 is 0.623 bits per heavy atom. The number of aromatic nitrogens is 2. The van der Waals surface area contributed by atoms with Gasteiger partial charge in [0.15, 0.2) is 0 Å². The fourth-order valence-electron chi connectivity index (χ4n) is 8.27. The van der Waals surface area contributed by atoms with E-state index in [-0.39, 0.29) is 48.0 Å². The third kappa shape index (κ3) is 8.97. The van der Waals surface area contributed by atoms with Crippen molar-refractivity contribution in [3.05, 3.63) is 132 Å². The molecule has 2 aliphatic heterocycles. The summed E-state index contributed by atoms with van der Waals surface area (Å²) in [5.74, 6) is -0.422. The smallest absolute Gasteiger partial charge is 0.250 e. The van der Waals surface area contributed by atoms with Crippen LogP contribution in [0.25, 0.3) is 22.4 Å². The molecular weight excluding hydrogens is 771 g/mol. The lowest BCUT2D eigenvalue weighted by Crippen LogP contribution is -2.49. The minimum Gasteiger partial charge on any atom is -0.377 e. The molecule has 0 radical (unpaired) electrons. The van der Waals surface area contributed by atoms with Gasteiger partial charge in [0, 0.05) is 30.6 Å². The molecule has 13 heteroatoms. The van der Waals surface area contributed by atoms with Gasteiger partial charge in [-0.2, -0.15) is 0 Å². The Labute approximate surface area is 354 Å². The Balaban J connectivity index is 0.840. The lowest BCUT2D eigenvalue weighted by molar-refractivity contribution is -0.145. The SMILES string of the molecule is O=C(N[C@@H](C(=O)N1CCC[C@H]1C(=O)Nc1ccc(-c2ccc(-c3cnc([C@@H]4COCCN4C(=O)[C@H](NC(=O)C4CC4)c4ccccc4)[nH]3)cc2)cc1)c1ccccc1)C1CC1. The molecule has 4 aliphatic rings. The lowest BCUT2D eigenvalue weighted by atomic mass is 10.0. The molecule has 5 amide bonds. The second kappa shape index (κ2) is 17.6. The molecular formula is C48H49N7O6. The summed E-state index contributed by atoms with van der Waals surface area (Å²) in [5.41, 5.74) is 5.70. The maximum Gasteiger partial charge on any atom is 0.250 e. The quantitative estimate of drug-likeness (QED) is 0.111. The van der Waals surface area contributed by atoms with Crippen LogP contribution < -0.4 is 16.0 Å². The zero-order valence-corrected chi connectivity index (χ0v) is 33.8. The van der Waals surface area contributed by atoms with Crippen LogP contribution in [0, 0.1) is 11.8 Å². The summed E-state index contributed by atoms with van der Waals surface area (Å²) in [6.45, 7) is 1.48. The fourth-order valence-corrected chi connectivity index (χ4v) is 8.27. The van der Waals surface area contributed by atoms with Crippen molar-refractivity contribution in [1.82, 2.24) is 30.4 Å². The maximum atomic E-state index is 14.2. The van der Waals surface area contributed by atoms with Crippen LogP contribution in [-0.2, 0) is 28.7 Å². The van der Waals surface area contributed by atoms with Crippen LogP contribution in [-0.4, -0.2) is 81.6 Å². The van der Waals surface area contributed by atoms with E-state index < -0.39 is 24.2 Å².